The van der Waals surface area contributed by atoms with Crippen molar-refractivity contribution in [1.29, 1.82) is 0 Å². The second-order valence-electron chi connectivity index (χ2n) is 12.7. The van der Waals surface area contributed by atoms with E-state index >= 15 is 0 Å². The number of rotatable bonds is 15. The van der Waals surface area contributed by atoms with Gasteiger partial charge in [-0.2, -0.15) is 0 Å². The van der Waals surface area contributed by atoms with Crippen LogP contribution in [0.2, 0.25) is 0 Å². The number of hydrogen-bond donors (Lipinski definition) is 0. The Bertz CT molecular complexity index is 2220. The van der Waals surface area contributed by atoms with Crippen LogP contribution in [0.5, 0.6) is 0 Å². The van der Waals surface area contributed by atoms with Crippen LogP contribution in [0, 0.1) is 0 Å². The highest BCUT2D eigenvalue weighted by Gasteiger charge is 2.25. The standard InChI is InChI=1S/C42H46N4O6S2/c1-5-43(6-2)23-25-45(31-17-13-21-35-37(31)39(47)29-15-9-11-19-33(29)53-35)41(49)51-27-28-52-42(50)46(26-24-44(7-3)8-4)32-18-14-22-36-38(32)40(48)30-16-10-12-20-34(30)54-36/h9-22H,5-8,23-28H2,1-4H3. The Morgan fingerprint density at radius 3 is 1.26 bits per heavy atom. The second-order valence-corrected chi connectivity index (χ2v) is 14.9. The number of fused-ring (bicyclic) bond motifs is 4. The van der Waals surface area contributed by atoms with E-state index in [1.54, 1.807) is 12.1 Å². The minimum atomic E-state index is -0.639. The van der Waals surface area contributed by atoms with Crippen LogP contribution in [0.15, 0.2) is 94.5 Å². The third kappa shape index (κ3) is 8.27. The molecule has 0 aliphatic rings. The number of amides is 2. The molecular weight excluding hydrogens is 721 g/mol. The summed E-state index contributed by atoms with van der Waals surface area (Å²) in [4.78, 5) is 62.9. The van der Waals surface area contributed by atoms with Crippen LogP contribution >= 0.6 is 22.7 Å². The van der Waals surface area contributed by atoms with Gasteiger partial charge in [0.1, 0.15) is 13.2 Å². The topological polar surface area (TPSA) is 99.7 Å². The number of nitrogens with zero attached hydrogens (tertiary/aromatic N) is 4. The van der Waals surface area contributed by atoms with E-state index in [4.69, 9.17) is 9.47 Å². The lowest BCUT2D eigenvalue weighted by molar-refractivity contribution is 0.102. The normalized spacial score (nSPS) is 11.6. The van der Waals surface area contributed by atoms with E-state index in [-0.39, 0.29) is 24.1 Å². The van der Waals surface area contributed by atoms with Gasteiger partial charge in [0.15, 0.2) is 10.9 Å². The molecule has 0 N–H and O–H groups in total. The fourth-order valence-electron chi connectivity index (χ4n) is 6.70. The zero-order chi connectivity index (χ0) is 38.2. The van der Waals surface area contributed by atoms with Gasteiger partial charge in [-0.25, -0.2) is 9.59 Å². The van der Waals surface area contributed by atoms with Crippen molar-refractivity contribution in [1.82, 2.24) is 9.80 Å². The molecule has 0 spiro atoms. The van der Waals surface area contributed by atoms with E-state index in [0.29, 0.717) is 59.1 Å². The number of carbonyl (C=O) groups is 2. The Balaban J connectivity index is 1.24. The molecule has 0 fully saturated rings. The lowest BCUT2D eigenvalue weighted by Crippen LogP contribution is -2.41. The molecule has 0 atom stereocenters. The van der Waals surface area contributed by atoms with Gasteiger partial charge >= 0.3 is 12.2 Å². The van der Waals surface area contributed by atoms with Crippen molar-refractivity contribution in [2.24, 2.45) is 0 Å². The van der Waals surface area contributed by atoms with E-state index in [9.17, 15) is 19.2 Å². The van der Waals surface area contributed by atoms with Gasteiger partial charge in [0.25, 0.3) is 0 Å². The smallest absolute Gasteiger partial charge is 0.414 e. The van der Waals surface area contributed by atoms with Gasteiger partial charge in [0.05, 0.1) is 22.1 Å². The van der Waals surface area contributed by atoms with Gasteiger partial charge in [-0.05, 0) is 74.7 Å². The summed E-state index contributed by atoms with van der Waals surface area (Å²) in [5, 5.41) is 2.13. The van der Waals surface area contributed by atoms with Gasteiger partial charge in [0.2, 0.25) is 0 Å². The highest BCUT2D eigenvalue weighted by Crippen LogP contribution is 2.33. The number of carbonyl (C=O) groups excluding carboxylic acids is 2. The Morgan fingerprint density at radius 2 is 0.870 bits per heavy atom. The minimum absolute atomic E-state index is 0.141. The number of likely N-dealkylation sites (N-methyl/N-ethyl adjacent to an activating group) is 2. The molecule has 12 heteroatoms. The largest absolute Gasteiger partial charge is 0.446 e. The molecule has 2 aromatic heterocycles. The van der Waals surface area contributed by atoms with Crippen molar-refractivity contribution < 1.29 is 19.1 Å². The number of ether oxygens (including phenoxy) is 2. The summed E-state index contributed by atoms with van der Waals surface area (Å²) in [6.45, 7) is 12.8. The molecule has 0 unspecified atom stereocenters. The third-order valence-corrected chi connectivity index (χ3v) is 12.1. The third-order valence-electron chi connectivity index (χ3n) is 9.79. The quantitative estimate of drug-likeness (QED) is 0.0759. The van der Waals surface area contributed by atoms with Gasteiger partial charge in [0, 0.05) is 55.8 Å². The predicted molar refractivity (Wildman–Crippen MR) is 224 cm³/mol. The summed E-state index contributed by atoms with van der Waals surface area (Å²) >= 11 is 3.01. The highest BCUT2D eigenvalue weighted by atomic mass is 32.1. The molecule has 0 saturated heterocycles. The Kier molecular flexibility index (Phi) is 12.9. The van der Waals surface area contributed by atoms with Crippen molar-refractivity contribution in [3.8, 4) is 0 Å². The SMILES string of the molecule is CCN(CC)CCN(C(=O)OCCOC(=O)N(CCN(CC)CC)c1cccc2sc3ccccc3c(=O)c12)c1cccc2sc3ccccc3c(=O)c12. The van der Waals surface area contributed by atoms with Crippen LogP contribution in [0.25, 0.3) is 40.3 Å². The molecule has 0 aliphatic heterocycles. The summed E-state index contributed by atoms with van der Waals surface area (Å²) in [6, 6.07) is 26.0. The Morgan fingerprint density at radius 1 is 0.500 bits per heavy atom. The first-order valence-corrected chi connectivity index (χ1v) is 20.1. The maximum absolute atomic E-state index is 13.9. The zero-order valence-corrected chi connectivity index (χ0v) is 32.8. The lowest BCUT2D eigenvalue weighted by Gasteiger charge is -2.27. The summed E-state index contributed by atoms with van der Waals surface area (Å²) < 4.78 is 14.8. The predicted octanol–water partition coefficient (Wildman–Crippen LogP) is 8.41. The van der Waals surface area contributed by atoms with Crippen molar-refractivity contribution >= 4 is 86.6 Å². The van der Waals surface area contributed by atoms with Crippen LogP contribution in [-0.4, -0.2) is 87.6 Å². The van der Waals surface area contributed by atoms with Crippen LogP contribution in [0.1, 0.15) is 27.7 Å². The van der Waals surface area contributed by atoms with Gasteiger partial charge < -0.3 is 19.3 Å². The summed E-state index contributed by atoms with van der Waals surface area (Å²) in [7, 11) is 0. The molecule has 4 aromatic carbocycles. The monoisotopic (exact) mass is 766 g/mol. The molecule has 6 aromatic rings. The molecule has 282 valence electrons. The van der Waals surface area contributed by atoms with E-state index < -0.39 is 12.2 Å². The molecule has 0 saturated carbocycles. The van der Waals surface area contributed by atoms with E-state index in [2.05, 4.69) is 37.5 Å². The molecule has 2 heterocycles. The fraction of sp³-hybridized carbons (Fsp3) is 0.333. The van der Waals surface area contributed by atoms with Crippen LogP contribution < -0.4 is 20.7 Å². The van der Waals surface area contributed by atoms with Gasteiger partial charge in [-0.1, -0.05) is 64.1 Å². The first-order chi connectivity index (χ1) is 26.3. The van der Waals surface area contributed by atoms with Crippen molar-refractivity contribution in [3.63, 3.8) is 0 Å². The molecule has 0 aliphatic carbocycles. The molecule has 2 amide bonds. The molecule has 10 nitrogen and oxygen atoms in total. The molecule has 54 heavy (non-hydrogen) atoms. The van der Waals surface area contributed by atoms with Crippen LogP contribution in [0.4, 0.5) is 21.0 Å². The summed E-state index contributed by atoms with van der Waals surface area (Å²) in [6.07, 6.45) is -1.28. The molecular formula is C42H46N4O6S2. The summed E-state index contributed by atoms with van der Waals surface area (Å²) in [5.41, 5.74) is 0.680. The van der Waals surface area contributed by atoms with Crippen molar-refractivity contribution in [2.75, 3.05) is 75.4 Å². The average molecular weight is 767 g/mol. The fourth-order valence-corrected chi connectivity index (χ4v) is 8.91. The minimum Gasteiger partial charge on any atom is -0.446 e. The first-order valence-electron chi connectivity index (χ1n) is 18.5. The molecule has 0 radical (unpaired) electrons. The van der Waals surface area contributed by atoms with Crippen LogP contribution in [0.3, 0.4) is 0 Å². The number of anilines is 2. The maximum atomic E-state index is 13.9. The van der Waals surface area contributed by atoms with Gasteiger partial charge in [-0.15, -0.1) is 22.7 Å². The van der Waals surface area contributed by atoms with Crippen LogP contribution in [-0.2, 0) is 9.47 Å². The number of benzene rings is 4. The second kappa shape index (κ2) is 18.0. The van der Waals surface area contributed by atoms with Crippen molar-refractivity contribution in [2.45, 2.75) is 27.7 Å². The first kappa shape index (κ1) is 38.8. The van der Waals surface area contributed by atoms with Gasteiger partial charge in [-0.3, -0.25) is 19.4 Å². The van der Waals surface area contributed by atoms with Crippen molar-refractivity contribution in [3.05, 3.63) is 105 Å². The lowest BCUT2D eigenvalue weighted by atomic mass is 10.1. The highest BCUT2D eigenvalue weighted by molar-refractivity contribution is 7.25. The Labute approximate surface area is 322 Å². The molecule has 6 rings (SSSR count). The zero-order valence-electron chi connectivity index (χ0n) is 31.2. The Hall–Kier alpha value is -4.88. The van der Waals surface area contributed by atoms with E-state index in [0.717, 1.165) is 45.0 Å². The molecule has 0 bridgehead atoms. The average Bonchev–Trinajstić information content (AvgIpc) is 3.19. The maximum Gasteiger partial charge on any atom is 0.414 e. The van der Waals surface area contributed by atoms with E-state index in [1.165, 1.54) is 32.5 Å². The number of hydrogen-bond acceptors (Lipinski definition) is 10. The summed E-state index contributed by atoms with van der Waals surface area (Å²) in [5.74, 6) is 0. The van der Waals surface area contributed by atoms with E-state index in [1.807, 2.05) is 72.8 Å².